The van der Waals surface area contributed by atoms with E-state index in [0.29, 0.717) is 12.2 Å². The maximum absolute atomic E-state index is 13.0. The second kappa shape index (κ2) is 9.01. The Bertz CT molecular complexity index is 926. The Balaban J connectivity index is 0.00000131. The summed E-state index contributed by atoms with van der Waals surface area (Å²) in [7, 11) is 0. The quantitative estimate of drug-likeness (QED) is 0.686. The van der Waals surface area contributed by atoms with E-state index in [2.05, 4.69) is 22.5 Å². The second-order valence-electron chi connectivity index (χ2n) is 6.19. The van der Waals surface area contributed by atoms with Gasteiger partial charge in [0.15, 0.2) is 0 Å². The summed E-state index contributed by atoms with van der Waals surface area (Å²) in [5, 5.41) is 2.60. The zero-order valence-corrected chi connectivity index (χ0v) is 17.4. The molecular formula is C18H23Cl2N5OS. The van der Waals surface area contributed by atoms with Gasteiger partial charge in [0, 0.05) is 25.0 Å². The van der Waals surface area contributed by atoms with Gasteiger partial charge in [-0.2, -0.15) is 0 Å². The number of imidazole rings is 1. The number of carbonyl (C=O) groups excluding carboxylic acids is 1. The van der Waals surface area contributed by atoms with Crippen molar-refractivity contribution in [2.24, 2.45) is 5.73 Å². The van der Waals surface area contributed by atoms with Crippen molar-refractivity contribution >= 4 is 53.1 Å². The third kappa shape index (κ3) is 3.82. The molecule has 1 unspecified atom stereocenters. The average Bonchev–Trinajstić information content (AvgIpc) is 3.37. The number of fused-ring (bicyclic) bond motifs is 1. The SMILES string of the molecule is CCn1c(C2CCCN2C(=O)c2csc(CN)n2)nc2ccccc21.Cl.Cl. The van der Waals surface area contributed by atoms with Gasteiger partial charge in [0.25, 0.3) is 5.91 Å². The molecule has 9 heteroatoms. The molecular weight excluding hydrogens is 405 g/mol. The minimum absolute atomic E-state index is 0. The van der Waals surface area contributed by atoms with Gasteiger partial charge >= 0.3 is 0 Å². The highest BCUT2D eigenvalue weighted by molar-refractivity contribution is 7.09. The molecule has 27 heavy (non-hydrogen) atoms. The molecule has 3 aromatic rings. The van der Waals surface area contributed by atoms with E-state index in [0.717, 1.165) is 47.8 Å². The first kappa shape index (κ1) is 21.6. The van der Waals surface area contributed by atoms with Crippen LogP contribution in [0, 0.1) is 0 Å². The van der Waals surface area contributed by atoms with Gasteiger partial charge in [-0.1, -0.05) is 12.1 Å². The molecule has 1 amide bonds. The summed E-state index contributed by atoms with van der Waals surface area (Å²) in [6.45, 7) is 4.06. The second-order valence-corrected chi connectivity index (χ2v) is 7.13. The largest absolute Gasteiger partial charge is 0.327 e. The number of likely N-dealkylation sites (tertiary alicyclic amines) is 1. The molecule has 1 aliphatic rings. The maximum atomic E-state index is 13.0. The Labute approximate surface area is 174 Å². The normalized spacial score (nSPS) is 16.2. The molecule has 146 valence electrons. The Kier molecular flexibility index (Phi) is 7.22. The zero-order valence-electron chi connectivity index (χ0n) is 15.0. The van der Waals surface area contributed by atoms with E-state index in [1.807, 2.05) is 28.5 Å². The van der Waals surface area contributed by atoms with E-state index in [1.165, 1.54) is 11.3 Å². The zero-order chi connectivity index (χ0) is 17.4. The van der Waals surface area contributed by atoms with Gasteiger partial charge in [-0.05, 0) is 31.9 Å². The van der Waals surface area contributed by atoms with E-state index in [4.69, 9.17) is 10.7 Å². The number of para-hydroxylation sites is 2. The van der Waals surface area contributed by atoms with Crippen LogP contribution in [0.25, 0.3) is 11.0 Å². The van der Waals surface area contributed by atoms with Crippen LogP contribution in [-0.4, -0.2) is 31.9 Å². The molecule has 0 aliphatic carbocycles. The monoisotopic (exact) mass is 427 g/mol. The first-order valence-corrected chi connectivity index (χ1v) is 9.51. The average molecular weight is 428 g/mol. The van der Waals surface area contributed by atoms with Gasteiger partial charge in [-0.15, -0.1) is 36.2 Å². The van der Waals surface area contributed by atoms with Crippen molar-refractivity contribution in [3.63, 3.8) is 0 Å². The summed E-state index contributed by atoms with van der Waals surface area (Å²) in [6.07, 6.45) is 1.92. The molecule has 0 bridgehead atoms. The topological polar surface area (TPSA) is 77.0 Å². The van der Waals surface area contributed by atoms with Crippen LogP contribution in [0.3, 0.4) is 0 Å². The number of hydrogen-bond donors (Lipinski definition) is 1. The Morgan fingerprint density at radius 3 is 2.78 bits per heavy atom. The smallest absolute Gasteiger partial charge is 0.273 e. The molecule has 0 saturated carbocycles. The van der Waals surface area contributed by atoms with Crippen molar-refractivity contribution in [1.29, 1.82) is 0 Å². The molecule has 1 aromatic carbocycles. The summed E-state index contributed by atoms with van der Waals surface area (Å²) in [5.41, 5.74) is 8.23. The Morgan fingerprint density at radius 2 is 2.07 bits per heavy atom. The van der Waals surface area contributed by atoms with Crippen LogP contribution in [0.2, 0.25) is 0 Å². The van der Waals surface area contributed by atoms with Crippen molar-refractivity contribution in [1.82, 2.24) is 19.4 Å². The minimum Gasteiger partial charge on any atom is -0.327 e. The van der Waals surface area contributed by atoms with Crippen LogP contribution < -0.4 is 5.73 Å². The Hall–Kier alpha value is -1.67. The van der Waals surface area contributed by atoms with Gasteiger partial charge in [-0.25, -0.2) is 9.97 Å². The van der Waals surface area contributed by atoms with E-state index in [1.54, 1.807) is 0 Å². The molecule has 1 saturated heterocycles. The molecule has 6 nitrogen and oxygen atoms in total. The number of aryl methyl sites for hydroxylation is 1. The fourth-order valence-corrected chi connectivity index (χ4v) is 4.26. The van der Waals surface area contributed by atoms with Crippen molar-refractivity contribution < 1.29 is 4.79 Å². The molecule has 2 N–H and O–H groups in total. The molecule has 3 heterocycles. The number of rotatable bonds is 4. The minimum atomic E-state index is -0.0202. The van der Waals surface area contributed by atoms with Crippen LogP contribution in [0.15, 0.2) is 29.6 Å². The van der Waals surface area contributed by atoms with Gasteiger partial charge < -0.3 is 15.2 Å². The molecule has 1 fully saturated rings. The van der Waals surface area contributed by atoms with Crippen LogP contribution in [-0.2, 0) is 13.1 Å². The third-order valence-electron chi connectivity index (χ3n) is 4.76. The van der Waals surface area contributed by atoms with Crippen LogP contribution >= 0.6 is 36.2 Å². The molecule has 2 aromatic heterocycles. The summed E-state index contributed by atoms with van der Waals surface area (Å²) in [5.74, 6) is 0.956. The van der Waals surface area contributed by atoms with E-state index in [-0.39, 0.29) is 36.8 Å². The van der Waals surface area contributed by atoms with Gasteiger partial charge in [0.05, 0.1) is 17.1 Å². The third-order valence-corrected chi connectivity index (χ3v) is 5.63. The highest BCUT2D eigenvalue weighted by Gasteiger charge is 2.34. The number of thiazole rings is 1. The number of benzene rings is 1. The fraction of sp³-hybridized carbons (Fsp3) is 0.389. The Morgan fingerprint density at radius 1 is 1.30 bits per heavy atom. The summed E-state index contributed by atoms with van der Waals surface area (Å²) in [6, 6.07) is 8.15. The van der Waals surface area contributed by atoms with Gasteiger partial charge in [0.1, 0.15) is 16.5 Å². The van der Waals surface area contributed by atoms with Gasteiger partial charge in [-0.3, -0.25) is 4.79 Å². The van der Waals surface area contributed by atoms with Crippen LogP contribution in [0.5, 0.6) is 0 Å². The van der Waals surface area contributed by atoms with Gasteiger partial charge in [0.2, 0.25) is 0 Å². The molecule has 0 radical (unpaired) electrons. The van der Waals surface area contributed by atoms with E-state index < -0.39 is 0 Å². The predicted molar refractivity (Wildman–Crippen MR) is 113 cm³/mol. The predicted octanol–water partition coefficient (Wildman–Crippen LogP) is 3.79. The lowest BCUT2D eigenvalue weighted by molar-refractivity contribution is 0.0722. The van der Waals surface area contributed by atoms with E-state index in [9.17, 15) is 4.79 Å². The fourth-order valence-electron chi connectivity index (χ4n) is 3.61. The lowest BCUT2D eigenvalue weighted by atomic mass is 10.2. The van der Waals surface area contributed by atoms with Crippen LogP contribution in [0.1, 0.15) is 47.1 Å². The van der Waals surface area contributed by atoms with Crippen molar-refractivity contribution in [2.45, 2.75) is 38.9 Å². The number of nitrogens with two attached hydrogens (primary N) is 1. The summed E-state index contributed by atoms with van der Waals surface area (Å²) < 4.78 is 2.22. The molecule has 4 rings (SSSR count). The van der Waals surface area contributed by atoms with Crippen molar-refractivity contribution in [3.8, 4) is 0 Å². The first-order chi connectivity index (χ1) is 12.2. The number of carbonyl (C=O) groups is 1. The molecule has 0 spiro atoms. The lowest BCUT2D eigenvalue weighted by Gasteiger charge is -2.24. The first-order valence-electron chi connectivity index (χ1n) is 8.63. The van der Waals surface area contributed by atoms with Crippen LogP contribution in [0.4, 0.5) is 0 Å². The lowest BCUT2D eigenvalue weighted by Crippen LogP contribution is -2.32. The van der Waals surface area contributed by atoms with Crippen molar-refractivity contribution in [3.05, 3.63) is 46.2 Å². The molecule has 1 aliphatic heterocycles. The highest BCUT2D eigenvalue weighted by Crippen LogP contribution is 2.34. The molecule has 1 atom stereocenters. The van der Waals surface area contributed by atoms with E-state index >= 15 is 0 Å². The highest BCUT2D eigenvalue weighted by atomic mass is 35.5. The number of amides is 1. The summed E-state index contributed by atoms with van der Waals surface area (Å²) in [4.78, 5) is 24.1. The number of nitrogens with zero attached hydrogens (tertiary/aromatic N) is 4. The standard InChI is InChI=1S/C18H21N5OS.2ClH/c1-2-22-14-7-4-3-6-12(14)21-17(22)15-8-5-9-23(15)18(24)13-11-25-16(10-19)20-13;;/h3-4,6-7,11,15H,2,5,8-10,19H2,1H3;2*1H. The number of halogens is 2. The summed E-state index contributed by atoms with van der Waals surface area (Å²) >= 11 is 1.44. The number of aromatic nitrogens is 3. The maximum Gasteiger partial charge on any atom is 0.273 e. The van der Waals surface area contributed by atoms with Crippen molar-refractivity contribution in [2.75, 3.05) is 6.54 Å². The number of hydrogen-bond acceptors (Lipinski definition) is 5.